The van der Waals surface area contributed by atoms with E-state index in [0.717, 1.165) is 12.8 Å². The van der Waals surface area contributed by atoms with Gasteiger partial charge in [0.25, 0.3) is 5.91 Å². The largest absolute Gasteiger partial charge is 0.381 e. The smallest absolute Gasteiger partial charge is 0.253 e. The molecule has 6 nitrogen and oxygen atoms in total. The number of carbonyl (C=O) groups is 1. The number of anilines is 1. The monoisotopic (exact) mass is 338 g/mol. The van der Waals surface area contributed by atoms with Crippen LogP contribution in [0.4, 0.5) is 5.69 Å². The molecule has 7 heteroatoms. The molecule has 0 radical (unpaired) electrons. The van der Waals surface area contributed by atoms with E-state index in [9.17, 15) is 13.2 Å². The molecule has 2 heterocycles. The Bertz CT molecular complexity index is 681. The molecule has 23 heavy (non-hydrogen) atoms. The number of sulfonamides is 1. The Balaban J connectivity index is 1.76. The third kappa shape index (κ3) is 3.35. The van der Waals surface area contributed by atoms with Crippen LogP contribution in [0.15, 0.2) is 24.3 Å². The molecule has 2 fully saturated rings. The molecule has 0 spiro atoms. The lowest BCUT2D eigenvalue weighted by Crippen LogP contribution is -2.40. The summed E-state index contributed by atoms with van der Waals surface area (Å²) in [6.07, 6.45) is 2.52. The van der Waals surface area contributed by atoms with Crippen LogP contribution in [-0.2, 0) is 14.8 Å². The third-order valence-corrected chi connectivity index (χ3v) is 6.41. The van der Waals surface area contributed by atoms with Gasteiger partial charge in [0.2, 0.25) is 10.0 Å². The molecule has 0 aromatic heterocycles. The lowest BCUT2D eigenvalue weighted by atomic mass is 10.1. The number of hydrogen-bond donors (Lipinski definition) is 0. The van der Waals surface area contributed by atoms with Crippen LogP contribution in [0.3, 0.4) is 0 Å². The summed E-state index contributed by atoms with van der Waals surface area (Å²) in [5.74, 6) is 0.133. The minimum atomic E-state index is -3.23. The molecule has 1 aromatic carbocycles. The molecule has 2 aliphatic heterocycles. The van der Waals surface area contributed by atoms with Crippen molar-refractivity contribution in [3.63, 3.8) is 0 Å². The van der Waals surface area contributed by atoms with Gasteiger partial charge in [-0.05, 0) is 37.5 Å². The van der Waals surface area contributed by atoms with Gasteiger partial charge in [-0.1, -0.05) is 6.07 Å². The van der Waals surface area contributed by atoms with E-state index >= 15 is 0 Å². The molecular weight excluding hydrogens is 316 g/mol. The molecule has 1 aromatic rings. The number of nitrogens with zero attached hydrogens (tertiary/aromatic N) is 2. The second-order valence-electron chi connectivity index (χ2n) is 6.02. The van der Waals surface area contributed by atoms with Crippen molar-refractivity contribution in [3.8, 4) is 0 Å². The summed E-state index contributed by atoms with van der Waals surface area (Å²) in [5, 5.41) is 0. The van der Waals surface area contributed by atoms with Gasteiger partial charge in [-0.15, -0.1) is 0 Å². The minimum absolute atomic E-state index is 0.0435. The van der Waals surface area contributed by atoms with Crippen LogP contribution in [0.2, 0.25) is 0 Å². The lowest BCUT2D eigenvalue weighted by Gasteiger charge is -2.31. The van der Waals surface area contributed by atoms with Gasteiger partial charge in [-0.3, -0.25) is 9.10 Å². The van der Waals surface area contributed by atoms with Crippen molar-refractivity contribution in [3.05, 3.63) is 29.8 Å². The van der Waals surface area contributed by atoms with Gasteiger partial charge in [0.05, 0.1) is 17.5 Å². The second-order valence-corrected chi connectivity index (χ2v) is 8.03. The topological polar surface area (TPSA) is 66.9 Å². The molecule has 0 saturated carbocycles. The number of methoxy groups -OCH3 is 1. The first-order valence-corrected chi connectivity index (χ1v) is 9.55. The first kappa shape index (κ1) is 16.3. The van der Waals surface area contributed by atoms with Crippen LogP contribution in [0.1, 0.15) is 29.6 Å². The van der Waals surface area contributed by atoms with E-state index in [0.29, 0.717) is 37.3 Å². The number of ether oxygens (including phenoxy) is 1. The van der Waals surface area contributed by atoms with Crippen molar-refractivity contribution in [1.29, 1.82) is 0 Å². The Kier molecular flexibility index (Phi) is 4.59. The zero-order valence-corrected chi connectivity index (χ0v) is 14.1. The summed E-state index contributed by atoms with van der Waals surface area (Å²) in [6.45, 7) is 1.83. The Labute approximate surface area is 137 Å². The van der Waals surface area contributed by atoms with E-state index in [2.05, 4.69) is 0 Å². The fourth-order valence-electron chi connectivity index (χ4n) is 3.20. The average Bonchev–Trinajstić information content (AvgIpc) is 2.93. The second kappa shape index (κ2) is 6.49. The van der Waals surface area contributed by atoms with Gasteiger partial charge >= 0.3 is 0 Å². The maximum atomic E-state index is 12.6. The predicted molar refractivity (Wildman–Crippen MR) is 88.1 cm³/mol. The molecule has 0 atom stereocenters. The van der Waals surface area contributed by atoms with Crippen LogP contribution >= 0.6 is 0 Å². The quantitative estimate of drug-likeness (QED) is 0.837. The number of amides is 1. The van der Waals surface area contributed by atoms with Crippen LogP contribution < -0.4 is 4.31 Å². The summed E-state index contributed by atoms with van der Waals surface area (Å²) in [6, 6.07) is 6.93. The molecule has 0 aliphatic carbocycles. The molecule has 126 valence electrons. The van der Waals surface area contributed by atoms with Crippen LogP contribution in [0, 0.1) is 0 Å². The van der Waals surface area contributed by atoms with Gasteiger partial charge in [0, 0.05) is 32.3 Å². The van der Waals surface area contributed by atoms with Crippen molar-refractivity contribution in [2.75, 3.05) is 36.8 Å². The van der Waals surface area contributed by atoms with Crippen LogP contribution in [0.5, 0.6) is 0 Å². The summed E-state index contributed by atoms with van der Waals surface area (Å²) < 4.78 is 30.8. The van der Waals surface area contributed by atoms with Crippen molar-refractivity contribution in [2.24, 2.45) is 0 Å². The highest BCUT2D eigenvalue weighted by Gasteiger charge is 2.29. The molecule has 2 aliphatic rings. The lowest BCUT2D eigenvalue weighted by molar-refractivity contribution is 0.0351. The van der Waals surface area contributed by atoms with Crippen molar-refractivity contribution >= 4 is 21.6 Å². The Morgan fingerprint density at radius 3 is 2.57 bits per heavy atom. The maximum absolute atomic E-state index is 12.6. The van der Waals surface area contributed by atoms with Gasteiger partial charge in [-0.2, -0.15) is 0 Å². The number of rotatable bonds is 3. The maximum Gasteiger partial charge on any atom is 0.253 e. The first-order valence-electron chi connectivity index (χ1n) is 7.94. The van der Waals surface area contributed by atoms with Gasteiger partial charge in [0.15, 0.2) is 0 Å². The molecule has 0 unspecified atom stereocenters. The fraction of sp³-hybridized carbons (Fsp3) is 0.562. The third-order valence-electron chi connectivity index (χ3n) is 4.54. The zero-order chi connectivity index (χ0) is 16.4. The number of likely N-dealkylation sites (tertiary alicyclic amines) is 1. The first-order chi connectivity index (χ1) is 11.0. The molecular formula is C16H22N2O4S. The number of piperidine rings is 1. The molecule has 3 rings (SSSR count). The van der Waals surface area contributed by atoms with Gasteiger partial charge < -0.3 is 9.64 Å². The molecule has 2 saturated heterocycles. The SMILES string of the molecule is COC1CCN(C(=O)c2cccc(N3CCCS3(=O)=O)c2)CC1. The molecule has 0 bridgehead atoms. The summed E-state index contributed by atoms with van der Waals surface area (Å²) in [4.78, 5) is 14.5. The highest BCUT2D eigenvalue weighted by atomic mass is 32.2. The Morgan fingerprint density at radius 1 is 1.22 bits per heavy atom. The fourth-order valence-corrected chi connectivity index (χ4v) is 4.76. The van der Waals surface area contributed by atoms with Crippen molar-refractivity contribution in [1.82, 2.24) is 4.90 Å². The van der Waals surface area contributed by atoms with Crippen molar-refractivity contribution in [2.45, 2.75) is 25.4 Å². The van der Waals surface area contributed by atoms with Gasteiger partial charge in [-0.25, -0.2) is 8.42 Å². The standard InChI is InChI=1S/C16H22N2O4S/c1-22-15-6-9-17(10-7-15)16(19)13-4-2-5-14(12-13)18-8-3-11-23(18,20)21/h2,4-5,12,15H,3,6-11H2,1H3. The predicted octanol–water partition coefficient (Wildman–Crippen LogP) is 1.48. The van der Waals surface area contributed by atoms with Crippen molar-refractivity contribution < 1.29 is 17.9 Å². The Hall–Kier alpha value is -1.60. The van der Waals surface area contributed by atoms with E-state index in [4.69, 9.17) is 4.74 Å². The summed E-state index contributed by atoms with van der Waals surface area (Å²) in [5.41, 5.74) is 1.13. The summed E-state index contributed by atoms with van der Waals surface area (Å²) in [7, 11) is -1.53. The van der Waals surface area contributed by atoms with Crippen LogP contribution in [0.25, 0.3) is 0 Å². The molecule has 1 amide bonds. The number of hydrogen-bond acceptors (Lipinski definition) is 4. The average molecular weight is 338 g/mol. The van der Waals surface area contributed by atoms with Crippen LogP contribution in [-0.4, -0.2) is 57.8 Å². The Morgan fingerprint density at radius 2 is 1.96 bits per heavy atom. The van der Waals surface area contributed by atoms with E-state index in [1.165, 1.54) is 4.31 Å². The highest BCUT2D eigenvalue weighted by molar-refractivity contribution is 7.93. The number of carbonyl (C=O) groups excluding carboxylic acids is 1. The highest BCUT2D eigenvalue weighted by Crippen LogP contribution is 2.25. The minimum Gasteiger partial charge on any atom is -0.381 e. The zero-order valence-electron chi connectivity index (χ0n) is 13.3. The summed E-state index contributed by atoms with van der Waals surface area (Å²) >= 11 is 0. The number of benzene rings is 1. The normalized spacial score (nSPS) is 21.6. The van der Waals surface area contributed by atoms with E-state index in [1.54, 1.807) is 31.4 Å². The van der Waals surface area contributed by atoms with Gasteiger partial charge in [0.1, 0.15) is 0 Å². The van der Waals surface area contributed by atoms with E-state index in [1.807, 2.05) is 4.90 Å². The van der Waals surface area contributed by atoms with E-state index < -0.39 is 10.0 Å². The van der Waals surface area contributed by atoms with E-state index in [-0.39, 0.29) is 17.8 Å². The molecule has 0 N–H and O–H groups in total.